The van der Waals surface area contributed by atoms with Crippen molar-refractivity contribution in [3.05, 3.63) is 47.7 Å². The van der Waals surface area contributed by atoms with E-state index in [2.05, 4.69) is 29.0 Å². The molecule has 5 nitrogen and oxygen atoms in total. The van der Waals surface area contributed by atoms with Crippen molar-refractivity contribution < 1.29 is 4.52 Å². The molecule has 0 fully saturated rings. The van der Waals surface area contributed by atoms with Crippen LogP contribution in [-0.2, 0) is 0 Å². The summed E-state index contributed by atoms with van der Waals surface area (Å²) >= 11 is 0. The lowest BCUT2D eigenvalue weighted by Crippen LogP contribution is -1.90. The van der Waals surface area contributed by atoms with Crippen molar-refractivity contribution in [1.29, 1.82) is 0 Å². The number of pyridine rings is 1. The standard InChI is InChI=1S/C15H14N4O/c1-9-3-4-12(7-10(9)2)15-18-14(19-20-15)11-5-6-17-13(16)8-11/h3-8H,1-2H3,(H2,16,17). The van der Waals surface area contributed by atoms with Crippen molar-refractivity contribution in [2.75, 3.05) is 5.73 Å². The molecule has 2 N–H and O–H groups in total. The van der Waals surface area contributed by atoms with Gasteiger partial charge in [0.1, 0.15) is 5.82 Å². The zero-order valence-electron chi connectivity index (χ0n) is 11.3. The van der Waals surface area contributed by atoms with Crippen LogP contribution in [0.1, 0.15) is 11.1 Å². The molecule has 3 aromatic rings. The van der Waals surface area contributed by atoms with E-state index in [0.717, 1.165) is 11.1 Å². The summed E-state index contributed by atoms with van der Waals surface area (Å²) in [6.45, 7) is 4.12. The number of rotatable bonds is 2. The Morgan fingerprint density at radius 2 is 1.85 bits per heavy atom. The smallest absolute Gasteiger partial charge is 0.258 e. The summed E-state index contributed by atoms with van der Waals surface area (Å²) in [5, 5.41) is 3.99. The van der Waals surface area contributed by atoms with Gasteiger partial charge in [0.05, 0.1) is 0 Å². The summed E-state index contributed by atoms with van der Waals surface area (Å²) < 4.78 is 5.32. The summed E-state index contributed by atoms with van der Waals surface area (Å²) in [6.07, 6.45) is 1.62. The van der Waals surface area contributed by atoms with Crippen LogP contribution in [0.5, 0.6) is 0 Å². The zero-order valence-corrected chi connectivity index (χ0v) is 11.3. The molecule has 0 unspecified atom stereocenters. The SMILES string of the molecule is Cc1ccc(-c2nc(-c3ccnc(N)c3)no2)cc1C. The van der Waals surface area contributed by atoms with Gasteiger partial charge in [0.2, 0.25) is 5.82 Å². The highest BCUT2D eigenvalue weighted by Gasteiger charge is 2.11. The van der Waals surface area contributed by atoms with E-state index in [1.54, 1.807) is 18.3 Å². The molecule has 0 amide bonds. The molecule has 0 aliphatic heterocycles. The van der Waals surface area contributed by atoms with E-state index >= 15 is 0 Å². The van der Waals surface area contributed by atoms with Gasteiger partial charge in [0.25, 0.3) is 5.89 Å². The Labute approximate surface area is 116 Å². The van der Waals surface area contributed by atoms with Gasteiger partial charge in [-0.1, -0.05) is 11.2 Å². The summed E-state index contributed by atoms with van der Waals surface area (Å²) in [6, 6.07) is 9.56. The van der Waals surface area contributed by atoms with Gasteiger partial charge in [0, 0.05) is 17.3 Å². The molecule has 2 heterocycles. The maximum Gasteiger partial charge on any atom is 0.258 e. The number of hydrogen-bond donors (Lipinski definition) is 1. The summed E-state index contributed by atoms with van der Waals surface area (Å²) in [5.74, 6) is 1.44. The van der Waals surface area contributed by atoms with E-state index < -0.39 is 0 Å². The van der Waals surface area contributed by atoms with Gasteiger partial charge in [0.15, 0.2) is 0 Å². The average Bonchev–Trinajstić information content (AvgIpc) is 2.92. The highest BCUT2D eigenvalue weighted by molar-refractivity contribution is 5.62. The number of hydrogen-bond acceptors (Lipinski definition) is 5. The third kappa shape index (κ3) is 2.25. The number of nitrogens with zero attached hydrogens (tertiary/aromatic N) is 3. The molecule has 0 spiro atoms. The van der Waals surface area contributed by atoms with E-state index in [4.69, 9.17) is 10.3 Å². The average molecular weight is 266 g/mol. The predicted octanol–water partition coefficient (Wildman–Crippen LogP) is 3.00. The van der Waals surface area contributed by atoms with Gasteiger partial charge in [-0.15, -0.1) is 0 Å². The highest BCUT2D eigenvalue weighted by Crippen LogP contribution is 2.24. The first-order chi connectivity index (χ1) is 9.63. The van der Waals surface area contributed by atoms with E-state index in [1.807, 2.05) is 18.2 Å². The molecule has 2 aromatic heterocycles. The fourth-order valence-corrected chi connectivity index (χ4v) is 1.92. The molecule has 20 heavy (non-hydrogen) atoms. The molecule has 0 saturated carbocycles. The Hall–Kier alpha value is -2.69. The number of nitrogen functional groups attached to an aromatic ring is 1. The van der Waals surface area contributed by atoms with Crippen LogP contribution in [-0.4, -0.2) is 15.1 Å². The predicted molar refractivity (Wildman–Crippen MR) is 76.9 cm³/mol. The molecule has 5 heteroatoms. The topological polar surface area (TPSA) is 77.8 Å². The number of aryl methyl sites for hydroxylation is 2. The van der Waals surface area contributed by atoms with Crippen molar-refractivity contribution in [2.24, 2.45) is 0 Å². The lowest BCUT2D eigenvalue weighted by atomic mass is 10.1. The molecule has 0 aliphatic rings. The maximum absolute atomic E-state index is 5.65. The van der Waals surface area contributed by atoms with Crippen LogP contribution in [0.3, 0.4) is 0 Å². The van der Waals surface area contributed by atoms with Gasteiger partial charge in [-0.05, 0) is 49.2 Å². The minimum atomic E-state index is 0.431. The van der Waals surface area contributed by atoms with Crippen molar-refractivity contribution in [3.63, 3.8) is 0 Å². The summed E-state index contributed by atoms with van der Waals surface area (Å²) in [5.41, 5.74) is 9.77. The first-order valence-electron chi connectivity index (χ1n) is 6.27. The number of aromatic nitrogens is 3. The molecule has 0 atom stereocenters. The van der Waals surface area contributed by atoms with Gasteiger partial charge in [-0.3, -0.25) is 0 Å². The maximum atomic E-state index is 5.65. The lowest BCUT2D eigenvalue weighted by molar-refractivity contribution is 0.432. The van der Waals surface area contributed by atoms with Crippen molar-refractivity contribution in [3.8, 4) is 22.8 Å². The second-order valence-electron chi connectivity index (χ2n) is 4.69. The van der Waals surface area contributed by atoms with Crippen molar-refractivity contribution >= 4 is 5.82 Å². The molecule has 1 aromatic carbocycles. The highest BCUT2D eigenvalue weighted by atomic mass is 16.5. The second kappa shape index (κ2) is 4.77. The fourth-order valence-electron chi connectivity index (χ4n) is 1.92. The summed E-state index contributed by atoms with van der Waals surface area (Å²) in [4.78, 5) is 8.34. The van der Waals surface area contributed by atoms with E-state index in [0.29, 0.717) is 17.5 Å². The Morgan fingerprint density at radius 1 is 1.00 bits per heavy atom. The molecular formula is C15H14N4O. The van der Waals surface area contributed by atoms with Gasteiger partial charge in [-0.2, -0.15) is 4.98 Å². The van der Waals surface area contributed by atoms with Crippen LogP contribution in [0, 0.1) is 13.8 Å². The van der Waals surface area contributed by atoms with E-state index in [9.17, 15) is 0 Å². The fraction of sp³-hybridized carbons (Fsp3) is 0.133. The number of nitrogens with two attached hydrogens (primary N) is 1. The minimum absolute atomic E-state index is 0.431. The zero-order chi connectivity index (χ0) is 14.1. The van der Waals surface area contributed by atoms with Crippen LogP contribution in [0.25, 0.3) is 22.8 Å². The van der Waals surface area contributed by atoms with Crippen molar-refractivity contribution in [1.82, 2.24) is 15.1 Å². The molecule has 0 aliphatic carbocycles. The first-order valence-corrected chi connectivity index (χ1v) is 6.27. The van der Waals surface area contributed by atoms with Gasteiger partial charge >= 0.3 is 0 Å². The third-order valence-corrected chi connectivity index (χ3v) is 3.22. The minimum Gasteiger partial charge on any atom is -0.384 e. The molecule has 3 rings (SSSR count). The molecular weight excluding hydrogens is 252 g/mol. The molecule has 100 valence electrons. The Morgan fingerprint density at radius 3 is 2.60 bits per heavy atom. The summed E-state index contributed by atoms with van der Waals surface area (Å²) in [7, 11) is 0. The second-order valence-corrected chi connectivity index (χ2v) is 4.69. The van der Waals surface area contributed by atoms with Crippen LogP contribution >= 0.6 is 0 Å². The quantitative estimate of drug-likeness (QED) is 0.771. The van der Waals surface area contributed by atoms with Crippen LogP contribution in [0.15, 0.2) is 41.1 Å². The third-order valence-electron chi connectivity index (χ3n) is 3.22. The van der Waals surface area contributed by atoms with Crippen LogP contribution in [0.4, 0.5) is 5.82 Å². The van der Waals surface area contributed by atoms with E-state index in [-0.39, 0.29) is 0 Å². The normalized spacial score (nSPS) is 10.7. The Balaban J connectivity index is 1.99. The van der Waals surface area contributed by atoms with Crippen LogP contribution < -0.4 is 5.73 Å². The molecule has 0 saturated heterocycles. The first kappa shape index (κ1) is 12.3. The lowest BCUT2D eigenvalue weighted by Gasteiger charge is -2.00. The van der Waals surface area contributed by atoms with Gasteiger partial charge < -0.3 is 10.3 Å². The van der Waals surface area contributed by atoms with E-state index in [1.165, 1.54) is 11.1 Å². The Bertz CT molecular complexity index is 764. The Kier molecular flexibility index (Phi) is 2.95. The number of benzene rings is 1. The van der Waals surface area contributed by atoms with Crippen LogP contribution in [0.2, 0.25) is 0 Å². The molecule has 0 bridgehead atoms. The van der Waals surface area contributed by atoms with Gasteiger partial charge in [-0.25, -0.2) is 4.98 Å². The monoisotopic (exact) mass is 266 g/mol. The number of anilines is 1. The largest absolute Gasteiger partial charge is 0.384 e. The molecule has 0 radical (unpaired) electrons. The van der Waals surface area contributed by atoms with Crippen molar-refractivity contribution in [2.45, 2.75) is 13.8 Å².